The number of hydrogen-bond acceptors (Lipinski definition) is 3. The van der Waals surface area contributed by atoms with Crippen LogP contribution in [-0.4, -0.2) is 14.3 Å². The Morgan fingerprint density at radius 3 is 2.07 bits per heavy atom. The van der Waals surface area contributed by atoms with Gasteiger partial charge in [0.05, 0.1) is 10.5 Å². The van der Waals surface area contributed by atoms with E-state index in [4.69, 9.17) is 0 Å². The number of halogens is 1. The molecule has 138 valence electrons. The molecule has 3 rings (SSSR count). The van der Waals surface area contributed by atoms with Crippen molar-refractivity contribution in [3.05, 3.63) is 88.4 Å². The third kappa shape index (κ3) is 4.75. The lowest BCUT2D eigenvalue weighted by Gasteiger charge is -2.10. The largest absolute Gasteiger partial charge is 0.322 e. The molecule has 0 saturated heterocycles. The minimum atomic E-state index is -3.70. The molecule has 0 aliphatic heterocycles. The van der Waals surface area contributed by atoms with Crippen LogP contribution in [0.5, 0.6) is 0 Å². The van der Waals surface area contributed by atoms with Crippen LogP contribution in [0.15, 0.2) is 82.2 Å². The van der Waals surface area contributed by atoms with Crippen LogP contribution in [0.4, 0.5) is 11.4 Å². The zero-order chi connectivity index (χ0) is 19.4. The fourth-order valence-corrected chi connectivity index (χ4v) is 3.92. The van der Waals surface area contributed by atoms with E-state index in [1.54, 1.807) is 42.5 Å². The number of carbonyl (C=O) groups is 1. The Morgan fingerprint density at radius 1 is 0.852 bits per heavy atom. The second-order valence-corrected chi connectivity index (χ2v) is 8.47. The van der Waals surface area contributed by atoms with Crippen molar-refractivity contribution in [2.24, 2.45) is 0 Å². The van der Waals surface area contributed by atoms with Crippen LogP contribution in [0.1, 0.15) is 15.9 Å². The minimum Gasteiger partial charge on any atom is -0.322 e. The molecule has 0 saturated carbocycles. The van der Waals surface area contributed by atoms with E-state index in [1.165, 1.54) is 12.1 Å². The van der Waals surface area contributed by atoms with Gasteiger partial charge >= 0.3 is 0 Å². The van der Waals surface area contributed by atoms with Gasteiger partial charge in [-0.2, -0.15) is 0 Å². The van der Waals surface area contributed by atoms with E-state index in [2.05, 4.69) is 26.0 Å². The van der Waals surface area contributed by atoms with E-state index in [0.717, 1.165) is 5.56 Å². The van der Waals surface area contributed by atoms with Crippen molar-refractivity contribution in [3.63, 3.8) is 0 Å². The van der Waals surface area contributed by atoms with Gasteiger partial charge in [0.25, 0.3) is 15.9 Å². The highest BCUT2D eigenvalue weighted by Crippen LogP contribution is 2.21. The van der Waals surface area contributed by atoms with Gasteiger partial charge < -0.3 is 5.32 Å². The second-order valence-electron chi connectivity index (χ2n) is 5.93. The van der Waals surface area contributed by atoms with Crippen LogP contribution >= 0.6 is 15.9 Å². The van der Waals surface area contributed by atoms with Gasteiger partial charge in [0.15, 0.2) is 0 Å². The van der Waals surface area contributed by atoms with Gasteiger partial charge in [-0.25, -0.2) is 8.42 Å². The van der Waals surface area contributed by atoms with Gasteiger partial charge in [0, 0.05) is 15.8 Å². The third-order valence-electron chi connectivity index (χ3n) is 3.84. The molecule has 27 heavy (non-hydrogen) atoms. The van der Waals surface area contributed by atoms with Crippen molar-refractivity contribution >= 4 is 43.2 Å². The quantitative estimate of drug-likeness (QED) is 0.592. The molecule has 0 spiro atoms. The second kappa shape index (κ2) is 7.94. The van der Waals surface area contributed by atoms with Crippen LogP contribution in [-0.2, 0) is 10.0 Å². The minimum absolute atomic E-state index is 0.113. The Hall–Kier alpha value is -2.64. The maximum atomic E-state index is 12.5. The van der Waals surface area contributed by atoms with Crippen LogP contribution < -0.4 is 10.0 Å². The zero-order valence-electron chi connectivity index (χ0n) is 14.4. The molecule has 0 aromatic heterocycles. The summed E-state index contributed by atoms with van der Waals surface area (Å²) < 4.78 is 28.2. The first-order chi connectivity index (χ1) is 12.8. The van der Waals surface area contributed by atoms with Crippen LogP contribution in [0.3, 0.4) is 0 Å². The van der Waals surface area contributed by atoms with E-state index in [-0.39, 0.29) is 10.8 Å². The summed E-state index contributed by atoms with van der Waals surface area (Å²) in [5.74, 6) is -0.282. The summed E-state index contributed by atoms with van der Waals surface area (Å²) in [4.78, 5) is 12.4. The molecule has 0 bridgehead atoms. The molecule has 0 aliphatic rings. The number of nitrogens with one attached hydrogen (secondary N) is 2. The Bertz CT molecular complexity index is 1060. The Balaban J connectivity index is 1.73. The first-order valence-corrected chi connectivity index (χ1v) is 10.4. The molecule has 3 aromatic rings. The molecule has 5 nitrogen and oxygen atoms in total. The molecule has 0 unspecified atom stereocenters. The summed E-state index contributed by atoms with van der Waals surface area (Å²) in [7, 11) is -3.70. The van der Waals surface area contributed by atoms with E-state index < -0.39 is 10.0 Å². The number of carbonyl (C=O) groups excluding carboxylic acids is 1. The first-order valence-electron chi connectivity index (χ1n) is 8.10. The standard InChI is InChI=1S/C20H17BrN2O3S/c1-14-6-8-16(9-7-14)23-27(25,26)17-12-10-15(11-13-17)22-20(24)18-4-2-3-5-19(18)21/h2-13,23H,1H3,(H,22,24). The molecule has 0 heterocycles. The Kier molecular flexibility index (Phi) is 5.62. The highest BCUT2D eigenvalue weighted by atomic mass is 79.9. The average molecular weight is 445 g/mol. The van der Waals surface area contributed by atoms with Crippen LogP contribution in [0.25, 0.3) is 0 Å². The Morgan fingerprint density at radius 2 is 1.44 bits per heavy atom. The smallest absolute Gasteiger partial charge is 0.261 e. The normalized spacial score (nSPS) is 11.0. The Labute approximate surface area is 166 Å². The van der Waals surface area contributed by atoms with E-state index >= 15 is 0 Å². The number of rotatable bonds is 5. The van der Waals surface area contributed by atoms with Crippen molar-refractivity contribution in [2.45, 2.75) is 11.8 Å². The maximum Gasteiger partial charge on any atom is 0.261 e. The maximum absolute atomic E-state index is 12.5. The molecule has 3 aromatic carbocycles. The van der Waals surface area contributed by atoms with Crippen LogP contribution in [0, 0.1) is 6.92 Å². The molecule has 0 radical (unpaired) electrons. The summed E-state index contributed by atoms with van der Waals surface area (Å²) in [6, 6.07) is 20.2. The number of hydrogen-bond donors (Lipinski definition) is 2. The van der Waals surface area contributed by atoms with Gasteiger partial charge in [-0.1, -0.05) is 29.8 Å². The monoisotopic (exact) mass is 444 g/mol. The van der Waals surface area contributed by atoms with E-state index in [9.17, 15) is 13.2 Å². The van der Waals surface area contributed by atoms with Crippen LogP contribution in [0.2, 0.25) is 0 Å². The molecule has 0 atom stereocenters. The van der Waals surface area contributed by atoms with Gasteiger partial charge in [-0.05, 0) is 71.4 Å². The highest BCUT2D eigenvalue weighted by Gasteiger charge is 2.15. The summed E-state index contributed by atoms with van der Waals surface area (Å²) in [5, 5.41) is 2.75. The van der Waals surface area contributed by atoms with Gasteiger partial charge in [0.2, 0.25) is 0 Å². The summed E-state index contributed by atoms with van der Waals surface area (Å²) in [6.45, 7) is 1.93. The summed E-state index contributed by atoms with van der Waals surface area (Å²) in [6.07, 6.45) is 0. The lowest BCUT2D eigenvalue weighted by Crippen LogP contribution is -2.14. The van der Waals surface area contributed by atoms with E-state index in [0.29, 0.717) is 21.4 Å². The number of aryl methyl sites for hydroxylation is 1. The molecule has 1 amide bonds. The predicted octanol–water partition coefficient (Wildman–Crippen LogP) is 4.81. The molecule has 2 N–H and O–H groups in total. The number of anilines is 2. The molecule has 0 aliphatic carbocycles. The fourth-order valence-electron chi connectivity index (χ4n) is 2.40. The molecular formula is C20H17BrN2O3S. The number of sulfonamides is 1. The number of amides is 1. The molecular weight excluding hydrogens is 428 g/mol. The fraction of sp³-hybridized carbons (Fsp3) is 0.0500. The topological polar surface area (TPSA) is 75.3 Å². The lowest BCUT2D eigenvalue weighted by atomic mass is 10.2. The lowest BCUT2D eigenvalue weighted by molar-refractivity contribution is 0.102. The summed E-state index contributed by atoms with van der Waals surface area (Å²) in [5.41, 5.74) is 2.54. The van der Waals surface area contributed by atoms with Gasteiger partial charge in [-0.3, -0.25) is 9.52 Å². The summed E-state index contributed by atoms with van der Waals surface area (Å²) >= 11 is 3.34. The first kappa shape index (κ1) is 19.1. The predicted molar refractivity (Wildman–Crippen MR) is 111 cm³/mol. The van der Waals surface area contributed by atoms with Gasteiger partial charge in [0.1, 0.15) is 0 Å². The molecule has 0 fully saturated rings. The van der Waals surface area contributed by atoms with Crippen molar-refractivity contribution in [2.75, 3.05) is 10.0 Å². The molecule has 7 heteroatoms. The highest BCUT2D eigenvalue weighted by molar-refractivity contribution is 9.10. The van der Waals surface area contributed by atoms with Crippen molar-refractivity contribution < 1.29 is 13.2 Å². The van der Waals surface area contributed by atoms with Crippen molar-refractivity contribution in [1.82, 2.24) is 0 Å². The van der Waals surface area contributed by atoms with Crippen molar-refractivity contribution in [1.29, 1.82) is 0 Å². The van der Waals surface area contributed by atoms with Gasteiger partial charge in [-0.15, -0.1) is 0 Å². The third-order valence-corrected chi connectivity index (χ3v) is 5.93. The van der Waals surface area contributed by atoms with Crippen molar-refractivity contribution in [3.8, 4) is 0 Å². The number of benzene rings is 3. The average Bonchev–Trinajstić information content (AvgIpc) is 2.64. The van der Waals surface area contributed by atoms with E-state index in [1.807, 2.05) is 25.1 Å². The SMILES string of the molecule is Cc1ccc(NS(=O)(=O)c2ccc(NC(=O)c3ccccc3Br)cc2)cc1. The zero-order valence-corrected chi connectivity index (χ0v) is 16.8.